The fourth-order valence-corrected chi connectivity index (χ4v) is 5.56. The second-order valence-electron chi connectivity index (χ2n) is 10.5. The van der Waals surface area contributed by atoms with Gasteiger partial charge < -0.3 is 24.7 Å². The maximum Gasteiger partial charge on any atom is 0.328 e. The summed E-state index contributed by atoms with van der Waals surface area (Å²) >= 11 is 6.26. The van der Waals surface area contributed by atoms with Crippen LogP contribution in [0.5, 0.6) is 0 Å². The summed E-state index contributed by atoms with van der Waals surface area (Å²) in [5.41, 5.74) is 6.10. The van der Waals surface area contributed by atoms with Crippen LogP contribution in [0.15, 0.2) is 91.3 Å². The molecule has 0 radical (unpaired) electrons. The van der Waals surface area contributed by atoms with Crippen molar-refractivity contribution in [2.75, 3.05) is 38.3 Å². The quantitative estimate of drug-likeness (QED) is 0.171. The molecule has 2 N–H and O–H groups in total. The van der Waals surface area contributed by atoms with Gasteiger partial charge in [0.1, 0.15) is 6.04 Å². The number of amides is 1. The van der Waals surface area contributed by atoms with Crippen LogP contribution in [0.2, 0.25) is 5.02 Å². The molecule has 1 fully saturated rings. The number of fused-ring (bicyclic) bond motifs is 1. The number of ether oxygens (including phenoxy) is 2. The van der Waals surface area contributed by atoms with Crippen molar-refractivity contribution in [2.24, 2.45) is 0 Å². The van der Waals surface area contributed by atoms with Crippen molar-refractivity contribution in [1.29, 1.82) is 0 Å². The first-order valence-electron chi connectivity index (χ1n) is 14.4. The molecular weight excluding hydrogens is 578 g/mol. The van der Waals surface area contributed by atoms with E-state index in [2.05, 4.69) is 27.3 Å². The van der Waals surface area contributed by atoms with Gasteiger partial charge in [-0.3, -0.25) is 4.79 Å². The van der Waals surface area contributed by atoms with Crippen molar-refractivity contribution in [1.82, 2.24) is 20.1 Å². The lowest BCUT2D eigenvalue weighted by atomic mass is 10.0. The minimum absolute atomic E-state index is 0.281. The van der Waals surface area contributed by atoms with E-state index in [1.807, 2.05) is 67.0 Å². The standard InChI is InChI=1S/C34H32ClN5O4/c1-43-34(42)31(19-25-21-36-30-8-3-2-7-29(25)30)37-32(41)14-11-24-22-40(28-6-4-5-26(35)20-28)38-33(24)23-9-12-27(13-10-23)39-15-17-44-18-16-39/h2-14,20-22,31,36H,15-19H2,1H3,(H,37,41)/b14-11-/t31-/m0/s1. The molecule has 1 saturated heterocycles. The molecule has 224 valence electrons. The Balaban J connectivity index is 1.26. The minimum atomic E-state index is -0.863. The van der Waals surface area contributed by atoms with E-state index in [0.717, 1.165) is 52.1 Å². The van der Waals surface area contributed by atoms with Gasteiger partial charge in [-0.1, -0.05) is 48.0 Å². The highest BCUT2D eigenvalue weighted by Gasteiger charge is 2.23. The fraction of sp³-hybridized carbons (Fsp3) is 0.206. The lowest BCUT2D eigenvalue weighted by molar-refractivity contribution is -0.144. The zero-order valence-electron chi connectivity index (χ0n) is 24.2. The molecule has 0 aliphatic carbocycles. The van der Waals surface area contributed by atoms with Gasteiger partial charge in [0.25, 0.3) is 0 Å². The third-order valence-electron chi connectivity index (χ3n) is 7.65. The van der Waals surface area contributed by atoms with Crippen molar-refractivity contribution >= 4 is 46.1 Å². The fourth-order valence-electron chi connectivity index (χ4n) is 5.38. The van der Waals surface area contributed by atoms with Crippen LogP contribution in [-0.2, 0) is 25.5 Å². The van der Waals surface area contributed by atoms with Gasteiger partial charge in [0.2, 0.25) is 5.91 Å². The molecule has 1 aliphatic rings. The number of hydrogen-bond acceptors (Lipinski definition) is 6. The number of hydrogen-bond donors (Lipinski definition) is 2. The molecular formula is C34H32ClN5O4. The molecule has 1 aliphatic heterocycles. The van der Waals surface area contributed by atoms with Crippen LogP contribution in [0, 0.1) is 0 Å². The molecule has 10 heteroatoms. The predicted molar refractivity (Wildman–Crippen MR) is 172 cm³/mol. The maximum atomic E-state index is 13.2. The number of benzene rings is 3. The number of para-hydroxylation sites is 1. The molecule has 9 nitrogen and oxygen atoms in total. The number of carbonyl (C=O) groups excluding carboxylic acids is 2. The number of morpholine rings is 1. The van der Waals surface area contributed by atoms with E-state index >= 15 is 0 Å². The van der Waals surface area contributed by atoms with Gasteiger partial charge >= 0.3 is 5.97 Å². The molecule has 5 aromatic rings. The molecule has 0 unspecified atom stereocenters. The number of carbonyl (C=O) groups is 2. The molecule has 0 bridgehead atoms. The summed E-state index contributed by atoms with van der Waals surface area (Å²) in [5, 5.41) is 9.25. The largest absolute Gasteiger partial charge is 0.467 e. The zero-order chi connectivity index (χ0) is 30.5. The third-order valence-corrected chi connectivity index (χ3v) is 7.88. The lowest BCUT2D eigenvalue weighted by Gasteiger charge is -2.28. The summed E-state index contributed by atoms with van der Waals surface area (Å²) in [4.78, 5) is 31.3. The number of halogens is 1. The Bertz CT molecular complexity index is 1800. The number of nitrogens with one attached hydrogen (secondary N) is 2. The Morgan fingerprint density at radius 3 is 2.64 bits per heavy atom. The number of H-pyrrole nitrogens is 1. The predicted octanol–water partition coefficient (Wildman–Crippen LogP) is 5.42. The topological polar surface area (TPSA) is 101 Å². The summed E-state index contributed by atoms with van der Waals surface area (Å²) < 4.78 is 12.2. The number of rotatable bonds is 9. The summed E-state index contributed by atoms with van der Waals surface area (Å²) in [5.74, 6) is -0.948. The maximum absolute atomic E-state index is 13.2. The Hall–Kier alpha value is -4.86. The van der Waals surface area contributed by atoms with Gasteiger partial charge in [0.05, 0.1) is 31.7 Å². The van der Waals surface area contributed by atoms with E-state index in [-0.39, 0.29) is 6.42 Å². The van der Waals surface area contributed by atoms with E-state index in [1.165, 1.54) is 13.2 Å². The van der Waals surface area contributed by atoms with Gasteiger partial charge in [-0.25, -0.2) is 9.48 Å². The van der Waals surface area contributed by atoms with E-state index in [4.69, 9.17) is 26.2 Å². The Morgan fingerprint density at radius 2 is 1.86 bits per heavy atom. The van der Waals surface area contributed by atoms with Crippen LogP contribution in [-0.4, -0.2) is 66.1 Å². The summed E-state index contributed by atoms with van der Waals surface area (Å²) in [6.07, 6.45) is 7.10. The number of aromatic amines is 1. The van der Waals surface area contributed by atoms with E-state index in [0.29, 0.717) is 23.9 Å². The molecule has 1 atom stereocenters. The molecule has 3 heterocycles. The smallest absolute Gasteiger partial charge is 0.328 e. The van der Waals surface area contributed by atoms with E-state index < -0.39 is 17.9 Å². The second kappa shape index (κ2) is 13.2. The molecule has 0 spiro atoms. The van der Waals surface area contributed by atoms with Crippen molar-refractivity contribution in [3.05, 3.63) is 107 Å². The summed E-state index contributed by atoms with van der Waals surface area (Å²) in [7, 11) is 1.31. The molecule has 1 amide bonds. The SMILES string of the molecule is COC(=O)[C@H](Cc1c[nH]c2ccccc12)NC(=O)/C=C\c1cn(-c2cccc(Cl)c2)nc1-c1ccc(N2CCOCC2)cc1. The van der Waals surface area contributed by atoms with Crippen LogP contribution < -0.4 is 10.2 Å². The Kier molecular flexibility index (Phi) is 8.76. The number of nitrogens with zero attached hydrogens (tertiary/aromatic N) is 3. The molecule has 2 aromatic heterocycles. The van der Waals surface area contributed by atoms with Gasteiger partial charge in [0, 0.05) is 70.7 Å². The first-order chi connectivity index (χ1) is 21.5. The van der Waals surface area contributed by atoms with Crippen LogP contribution >= 0.6 is 11.6 Å². The second-order valence-corrected chi connectivity index (χ2v) is 10.9. The van der Waals surface area contributed by atoms with Gasteiger partial charge in [0.15, 0.2) is 0 Å². The van der Waals surface area contributed by atoms with E-state index in [9.17, 15) is 9.59 Å². The first kappa shape index (κ1) is 29.2. The van der Waals surface area contributed by atoms with Crippen molar-refractivity contribution in [3.63, 3.8) is 0 Å². The van der Waals surface area contributed by atoms with Crippen LogP contribution in [0.25, 0.3) is 33.9 Å². The highest BCUT2D eigenvalue weighted by Crippen LogP contribution is 2.28. The highest BCUT2D eigenvalue weighted by molar-refractivity contribution is 6.30. The summed E-state index contributed by atoms with van der Waals surface area (Å²) in [6.45, 7) is 3.11. The monoisotopic (exact) mass is 609 g/mol. The third kappa shape index (κ3) is 6.54. The first-order valence-corrected chi connectivity index (χ1v) is 14.8. The normalized spacial score (nSPS) is 14.2. The Labute approximate surface area is 260 Å². The van der Waals surface area contributed by atoms with Crippen molar-refractivity contribution in [2.45, 2.75) is 12.5 Å². The number of esters is 1. The molecule has 0 saturated carbocycles. The summed E-state index contributed by atoms with van der Waals surface area (Å²) in [6, 6.07) is 22.6. The lowest BCUT2D eigenvalue weighted by Crippen LogP contribution is -2.42. The number of methoxy groups -OCH3 is 1. The average molecular weight is 610 g/mol. The van der Waals surface area contributed by atoms with Crippen molar-refractivity contribution < 1.29 is 19.1 Å². The minimum Gasteiger partial charge on any atom is -0.467 e. The molecule has 44 heavy (non-hydrogen) atoms. The molecule has 6 rings (SSSR count). The number of anilines is 1. The average Bonchev–Trinajstić information content (AvgIpc) is 3.68. The zero-order valence-corrected chi connectivity index (χ0v) is 25.0. The van der Waals surface area contributed by atoms with Gasteiger partial charge in [-0.15, -0.1) is 0 Å². The van der Waals surface area contributed by atoms with Crippen LogP contribution in [0.4, 0.5) is 5.69 Å². The number of aromatic nitrogens is 3. The van der Waals surface area contributed by atoms with E-state index in [1.54, 1.807) is 16.8 Å². The van der Waals surface area contributed by atoms with Gasteiger partial charge in [-0.2, -0.15) is 5.10 Å². The highest BCUT2D eigenvalue weighted by atomic mass is 35.5. The van der Waals surface area contributed by atoms with Crippen LogP contribution in [0.1, 0.15) is 11.1 Å². The van der Waals surface area contributed by atoms with Crippen molar-refractivity contribution in [3.8, 4) is 16.9 Å². The van der Waals surface area contributed by atoms with Crippen LogP contribution in [0.3, 0.4) is 0 Å². The van der Waals surface area contributed by atoms with Gasteiger partial charge in [-0.05, 0) is 48.0 Å². The Morgan fingerprint density at radius 1 is 1.07 bits per heavy atom. The molecule has 3 aromatic carbocycles.